The summed E-state index contributed by atoms with van der Waals surface area (Å²) in [7, 11) is -3.91. The van der Waals surface area contributed by atoms with Crippen LogP contribution in [0.25, 0.3) is 0 Å². The fraction of sp³-hybridized carbons (Fsp3) is 1.00. The Hall–Kier alpha value is -0.210. The molecule has 6 nitrogen and oxygen atoms in total. The summed E-state index contributed by atoms with van der Waals surface area (Å²) in [6.07, 6.45) is 15.6. The molecule has 1 N–H and O–H groups in total. The van der Waals surface area contributed by atoms with E-state index in [0.29, 0.717) is 32.8 Å². The van der Waals surface area contributed by atoms with Gasteiger partial charge in [-0.3, -0.25) is 4.55 Å². The van der Waals surface area contributed by atoms with Gasteiger partial charge in [0.25, 0.3) is 10.1 Å². The zero-order valence-electron chi connectivity index (χ0n) is 21.5. The Morgan fingerprint density at radius 3 is 1.56 bits per heavy atom. The van der Waals surface area contributed by atoms with E-state index < -0.39 is 10.1 Å². The van der Waals surface area contributed by atoms with E-state index in [1.807, 2.05) is 6.92 Å². The second-order valence-corrected chi connectivity index (χ2v) is 10.8. The Bertz CT molecular complexity index is 458. The average Bonchev–Trinajstić information content (AvgIpc) is 2.74. The van der Waals surface area contributed by atoms with Gasteiger partial charge in [-0.05, 0) is 32.6 Å². The summed E-state index contributed by atoms with van der Waals surface area (Å²) in [5, 5.41) is 0. The van der Waals surface area contributed by atoms with Gasteiger partial charge in [-0.2, -0.15) is 8.42 Å². The minimum absolute atomic E-state index is 0.148. The fourth-order valence-electron chi connectivity index (χ4n) is 4.33. The first kappa shape index (κ1) is 31.8. The predicted octanol–water partition coefficient (Wildman–Crippen LogP) is 5.86. The predicted molar refractivity (Wildman–Crippen MR) is 135 cm³/mol. The van der Waals surface area contributed by atoms with E-state index in [-0.39, 0.29) is 5.75 Å². The average molecular weight is 481 g/mol. The Morgan fingerprint density at radius 2 is 1.06 bits per heavy atom. The number of hydrogen-bond donors (Lipinski definition) is 1. The van der Waals surface area contributed by atoms with Crippen LogP contribution in [0.1, 0.15) is 104 Å². The topological polar surface area (TPSA) is 72.8 Å². The highest BCUT2D eigenvalue weighted by Crippen LogP contribution is 2.17. The van der Waals surface area contributed by atoms with Crippen LogP contribution in [0, 0.1) is 0 Å². The summed E-state index contributed by atoms with van der Waals surface area (Å²) in [6, 6.07) is 0. The standard InChI is InChI=1S/C25H53NO5S/c1-4-7-9-11-13-15-18-26(20-17-25-32(27,28)29,19-16-14-12-10-8-5-2)21-22-31-24-23-30-6-3/h4-25H2,1-3H3/p+1. The van der Waals surface area contributed by atoms with Gasteiger partial charge in [-0.25, -0.2) is 0 Å². The highest BCUT2D eigenvalue weighted by atomic mass is 32.2. The maximum atomic E-state index is 11.3. The monoisotopic (exact) mass is 480 g/mol. The lowest BCUT2D eigenvalue weighted by Gasteiger charge is -2.39. The zero-order chi connectivity index (χ0) is 24.0. The van der Waals surface area contributed by atoms with Crippen molar-refractivity contribution in [2.24, 2.45) is 0 Å². The molecular formula is C25H54NO5S+. The van der Waals surface area contributed by atoms with Crippen molar-refractivity contribution in [2.45, 2.75) is 104 Å². The number of rotatable bonds is 25. The largest absolute Gasteiger partial charge is 0.379 e. The van der Waals surface area contributed by atoms with Crippen LogP contribution < -0.4 is 0 Å². The number of nitrogens with zero attached hydrogens (tertiary/aromatic N) is 1. The van der Waals surface area contributed by atoms with Gasteiger partial charge in [-0.15, -0.1) is 0 Å². The molecule has 32 heavy (non-hydrogen) atoms. The van der Waals surface area contributed by atoms with Crippen LogP contribution in [0.3, 0.4) is 0 Å². The molecule has 0 spiro atoms. The summed E-state index contributed by atoms with van der Waals surface area (Å²) < 4.78 is 44.0. The van der Waals surface area contributed by atoms with E-state index in [2.05, 4.69) is 13.8 Å². The molecular weight excluding hydrogens is 426 g/mol. The first-order chi connectivity index (χ1) is 15.4. The van der Waals surface area contributed by atoms with Crippen LogP contribution >= 0.6 is 0 Å². The third kappa shape index (κ3) is 20.4. The van der Waals surface area contributed by atoms with Crippen molar-refractivity contribution < 1.29 is 26.9 Å². The molecule has 0 fully saturated rings. The van der Waals surface area contributed by atoms with Gasteiger partial charge in [0.05, 0.1) is 45.2 Å². The number of quaternary nitrogens is 1. The third-order valence-corrected chi connectivity index (χ3v) is 7.10. The lowest BCUT2D eigenvalue weighted by Crippen LogP contribution is -2.52. The van der Waals surface area contributed by atoms with Crippen molar-refractivity contribution in [1.82, 2.24) is 0 Å². The van der Waals surface area contributed by atoms with E-state index in [1.54, 1.807) is 0 Å². The number of ether oxygens (including phenoxy) is 2. The second kappa shape index (κ2) is 21.3. The maximum Gasteiger partial charge on any atom is 0.265 e. The van der Waals surface area contributed by atoms with E-state index >= 15 is 0 Å². The van der Waals surface area contributed by atoms with Gasteiger partial charge in [-0.1, -0.05) is 65.2 Å². The number of hydrogen-bond acceptors (Lipinski definition) is 4. The Kier molecular flexibility index (Phi) is 21.2. The molecule has 0 aromatic heterocycles. The molecule has 0 aliphatic rings. The van der Waals surface area contributed by atoms with Crippen molar-refractivity contribution in [3.8, 4) is 0 Å². The SMILES string of the molecule is CCCCCCCC[N+](CCCCCCCC)(CCCS(=O)(=O)O)CCOCCOCC. The van der Waals surface area contributed by atoms with Crippen LogP contribution in [-0.2, 0) is 19.6 Å². The van der Waals surface area contributed by atoms with Gasteiger partial charge < -0.3 is 14.0 Å². The second-order valence-electron chi connectivity index (χ2n) is 9.22. The van der Waals surface area contributed by atoms with Gasteiger partial charge >= 0.3 is 0 Å². The Balaban J connectivity index is 4.87. The van der Waals surface area contributed by atoms with Crippen LogP contribution in [0.2, 0.25) is 0 Å². The molecule has 0 rings (SSSR count). The molecule has 0 aliphatic carbocycles. The van der Waals surface area contributed by atoms with Crippen LogP contribution in [0.5, 0.6) is 0 Å². The molecule has 0 aromatic carbocycles. The molecule has 0 unspecified atom stereocenters. The zero-order valence-corrected chi connectivity index (χ0v) is 22.3. The van der Waals surface area contributed by atoms with Crippen LogP contribution in [-0.4, -0.2) is 75.8 Å². The van der Waals surface area contributed by atoms with Crippen molar-refractivity contribution in [3.63, 3.8) is 0 Å². The van der Waals surface area contributed by atoms with Crippen molar-refractivity contribution in [1.29, 1.82) is 0 Å². The van der Waals surface area contributed by atoms with Gasteiger partial charge in [0.2, 0.25) is 0 Å². The summed E-state index contributed by atoms with van der Waals surface area (Å²) >= 11 is 0. The van der Waals surface area contributed by atoms with Gasteiger partial charge in [0, 0.05) is 13.0 Å². The Labute approximate surface area is 199 Å². The smallest absolute Gasteiger partial charge is 0.265 e. The lowest BCUT2D eigenvalue weighted by atomic mass is 10.1. The first-order valence-electron chi connectivity index (χ1n) is 13.3. The fourth-order valence-corrected chi connectivity index (χ4v) is 4.82. The van der Waals surface area contributed by atoms with Gasteiger partial charge in [0.1, 0.15) is 6.54 Å². The van der Waals surface area contributed by atoms with E-state index in [0.717, 1.165) is 30.7 Å². The summed E-state index contributed by atoms with van der Waals surface area (Å²) in [5.74, 6) is -0.148. The summed E-state index contributed by atoms with van der Waals surface area (Å²) in [5.41, 5.74) is 0. The normalized spacial score (nSPS) is 12.5. The number of unbranched alkanes of at least 4 members (excludes halogenated alkanes) is 10. The molecule has 7 heteroatoms. The third-order valence-electron chi connectivity index (χ3n) is 6.29. The van der Waals surface area contributed by atoms with Crippen LogP contribution in [0.4, 0.5) is 0 Å². The highest BCUT2D eigenvalue weighted by Gasteiger charge is 2.27. The lowest BCUT2D eigenvalue weighted by molar-refractivity contribution is -0.929. The van der Waals surface area contributed by atoms with E-state index in [1.165, 1.54) is 77.0 Å². The molecule has 0 saturated heterocycles. The maximum absolute atomic E-state index is 11.3. The van der Waals surface area contributed by atoms with E-state index in [9.17, 15) is 13.0 Å². The molecule has 0 heterocycles. The molecule has 0 aliphatic heterocycles. The highest BCUT2D eigenvalue weighted by molar-refractivity contribution is 7.85. The molecule has 194 valence electrons. The minimum Gasteiger partial charge on any atom is -0.379 e. The molecule has 0 saturated carbocycles. The summed E-state index contributed by atoms with van der Waals surface area (Å²) in [4.78, 5) is 0. The quantitative estimate of drug-likeness (QED) is 0.101. The Morgan fingerprint density at radius 1 is 0.594 bits per heavy atom. The summed E-state index contributed by atoms with van der Waals surface area (Å²) in [6.45, 7) is 12.9. The molecule has 0 atom stereocenters. The van der Waals surface area contributed by atoms with Crippen molar-refractivity contribution >= 4 is 10.1 Å². The minimum atomic E-state index is -3.91. The van der Waals surface area contributed by atoms with Crippen LogP contribution in [0.15, 0.2) is 0 Å². The van der Waals surface area contributed by atoms with E-state index in [4.69, 9.17) is 9.47 Å². The van der Waals surface area contributed by atoms with Gasteiger partial charge in [0.15, 0.2) is 0 Å². The molecule has 0 amide bonds. The van der Waals surface area contributed by atoms with Crippen molar-refractivity contribution in [3.05, 3.63) is 0 Å². The van der Waals surface area contributed by atoms with Crippen molar-refractivity contribution in [2.75, 3.05) is 58.4 Å². The molecule has 0 bridgehead atoms. The molecule has 0 aromatic rings. The molecule has 0 radical (unpaired) electrons. The first-order valence-corrected chi connectivity index (χ1v) is 15.0.